The van der Waals surface area contributed by atoms with Crippen LogP contribution in [0.1, 0.15) is 127 Å². The molecule has 3 fully saturated rings. The van der Waals surface area contributed by atoms with Crippen molar-refractivity contribution in [1.29, 1.82) is 0 Å². The van der Waals surface area contributed by atoms with Gasteiger partial charge in [0.2, 0.25) is 23.6 Å². The second kappa shape index (κ2) is 16.6. The van der Waals surface area contributed by atoms with Crippen molar-refractivity contribution >= 4 is 23.6 Å². The van der Waals surface area contributed by atoms with Crippen LogP contribution >= 0.6 is 0 Å². The first kappa shape index (κ1) is 38.0. The minimum atomic E-state index is -0.718. The molecule has 262 valence electrons. The topological polar surface area (TPSA) is 102 Å². The van der Waals surface area contributed by atoms with Crippen LogP contribution < -0.4 is 10.6 Å². The Balaban J connectivity index is 1.74. The summed E-state index contributed by atoms with van der Waals surface area (Å²) in [5.74, 6) is 0.0656. The van der Waals surface area contributed by atoms with Gasteiger partial charge in [-0.15, -0.1) is 0 Å². The molecule has 2 aliphatic heterocycles. The number of likely N-dealkylation sites (N-methyl/N-ethyl adjacent to an activating group) is 1. The van der Waals surface area contributed by atoms with Crippen LogP contribution in [0.3, 0.4) is 0 Å². The third-order valence-electron chi connectivity index (χ3n) is 10.7. The normalized spacial score (nSPS) is 24.1. The first-order chi connectivity index (χ1) is 21.5. The number of rotatable bonds is 11. The second-order valence-corrected chi connectivity index (χ2v) is 16.0. The van der Waals surface area contributed by atoms with Gasteiger partial charge >= 0.3 is 0 Å². The molecule has 9 nitrogen and oxygen atoms in total. The van der Waals surface area contributed by atoms with Crippen LogP contribution in [0.4, 0.5) is 0 Å². The fourth-order valence-corrected chi connectivity index (χ4v) is 7.75. The average Bonchev–Trinajstić information content (AvgIpc) is 3.51. The van der Waals surface area contributed by atoms with E-state index in [1.165, 1.54) is 19.3 Å². The number of hydrogen-bond acceptors (Lipinski definition) is 5. The van der Waals surface area contributed by atoms with Gasteiger partial charge < -0.3 is 20.4 Å². The number of carbonyl (C=O) groups is 4. The van der Waals surface area contributed by atoms with E-state index in [2.05, 4.69) is 36.3 Å². The lowest BCUT2D eigenvalue weighted by Gasteiger charge is -2.41. The van der Waals surface area contributed by atoms with Crippen molar-refractivity contribution in [2.45, 2.75) is 163 Å². The van der Waals surface area contributed by atoms with Crippen molar-refractivity contribution in [3.8, 4) is 0 Å². The van der Waals surface area contributed by atoms with E-state index >= 15 is 0 Å². The van der Waals surface area contributed by atoms with Crippen molar-refractivity contribution in [3.05, 3.63) is 11.6 Å². The summed E-state index contributed by atoms with van der Waals surface area (Å²) in [5, 5.41) is 6.39. The van der Waals surface area contributed by atoms with Crippen LogP contribution in [0, 0.1) is 17.3 Å². The second-order valence-electron chi connectivity index (χ2n) is 16.0. The Morgan fingerprint density at radius 2 is 1.37 bits per heavy atom. The molecule has 0 aromatic rings. The Morgan fingerprint density at radius 3 is 1.96 bits per heavy atom. The van der Waals surface area contributed by atoms with Crippen LogP contribution in [0.25, 0.3) is 0 Å². The first-order valence-corrected chi connectivity index (χ1v) is 18.2. The highest BCUT2D eigenvalue weighted by Crippen LogP contribution is 2.29. The minimum Gasteiger partial charge on any atom is -0.352 e. The van der Waals surface area contributed by atoms with Crippen molar-refractivity contribution in [3.63, 3.8) is 0 Å². The molecular weight excluding hydrogens is 578 g/mol. The largest absolute Gasteiger partial charge is 0.352 e. The molecule has 2 N–H and O–H groups in total. The molecule has 2 saturated heterocycles. The highest BCUT2D eigenvalue weighted by Gasteiger charge is 2.41. The average molecular weight is 644 g/mol. The number of amides is 4. The van der Waals surface area contributed by atoms with Crippen molar-refractivity contribution < 1.29 is 19.2 Å². The molecule has 46 heavy (non-hydrogen) atoms. The number of likely N-dealkylation sites (tertiary alicyclic amines) is 2. The van der Waals surface area contributed by atoms with Gasteiger partial charge in [-0.3, -0.25) is 24.1 Å². The molecular formula is C37H65N5O4. The Kier molecular flexibility index (Phi) is 13.7. The summed E-state index contributed by atoms with van der Waals surface area (Å²) in [6.45, 7) is 19.6. The van der Waals surface area contributed by atoms with Gasteiger partial charge in [0, 0.05) is 31.2 Å². The van der Waals surface area contributed by atoms with Crippen molar-refractivity contribution in [2.75, 3.05) is 20.1 Å². The summed E-state index contributed by atoms with van der Waals surface area (Å²) in [4.78, 5) is 60.7. The van der Waals surface area contributed by atoms with Gasteiger partial charge in [0.15, 0.2) is 0 Å². The maximum Gasteiger partial charge on any atom is 0.249 e. The SMILES string of the molecule is CC(=C[C@H](C(C)C)N(C)C(=O)[C@@H](NC(=O)C1CCCCN1C(C)C)C(C)(C)C)C(=O)N1CCC[C@H]1C(=O)N[C@@H](C)C1CCCCC1. The zero-order valence-electron chi connectivity index (χ0n) is 30.7. The summed E-state index contributed by atoms with van der Waals surface area (Å²) in [6, 6.07) is -1.43. The van der Waals surface area contributed by atoms with E-state index in [1.807, 2.05) is 40.7 Å². The monoisotopic (exact) mass is 644 g/mol. The zero-order valence-corrected chi connectivity index (χ0v) is 30.7. The summed E-state index contributed by atoms with van der Waals surface area (Å²) in [6.07, 6.45) is 12.2. The molecule has 1 aliphatic carbocycles. The highest BCUT2D eigenvalue weighted by molar-refractivity contribution is 5.97. The number of carbonyl (C=O) groups excluding carboxylic acids is 4. The van der Waals surface area contributed by atoms with E-state index in [4.69, 9.17) is 0 Å². The van der Waals surface area contributed by atoms with E-state index in [0.29, 0.717) is 24.5 Å². The Labute approximate surface area is 279 Å². The summed E-state index contributed by atoms with van der Waals surface area (Å²) >= 11 is 0. The molecule has 0 aromatic carbocycles. The number of nitrogens with one attached hydrogen (secondary N) is 2. The van der Waals surface area contributed by atoms with E-state index in [-0.39, 0.29) is 53.7 Å². The molecule has 0 spiro atoms. The Morgan fingerprint density at radius 1 is 0.783 bits per heavy atom. The van der Waals surface area contributed by atoms with Gasteiger partial charge in [-0.25, -0.2) is 0 Å². The van der Waals surface area contributed by atoms with Crippen LogP contribution in [0.2, 0.25) is 0 Å². The maximum absolute atomic E-state index is 14.2. The molecule has 5 atom stereocenters. The van der Waals surface area contributed by atoms with Gasteiger partial charge in [0.05, 0.1) is 12.1 Å². The van der Waals surface area contributed by atoms with Gasteiger partial charge in [-0.1, -0.05) is 66.4 Å². The Bertz CT molecular complexity index is 1090. The molecule has 1 unspecified atom stereocenters. The molecule has 9 heteroatoms. The van der Waals surface area contributed by atoms with Gasteiger partial charge in [0.25, 0.3) is 0 Å². The smallest absolute Gasteiger partial charge is 0.249 e. The molecule has 3 aliphatic rings. The third-order valence-corrected chi connectivity index (χ3v) is 10.7. The third kappa shape index (κ3) is 9.57. The number of nitrogens with zero attached hydrogens (tertiary/aromatic N) is 3. The lowest BCUT2D eigenvalue weighted by atomic mass is 9.84. The van der Waals surface area contributed by atoms with Gasteiger partial charge in [0.1, 0.15) is 12.1 Å². The van der Waals surface area contributed by atoms with Crippen LogP contribution in [0.15, 0.2) is 11.6 Å². The van der Waals surface area contributed by atoms with Gasteiger partial charge in [-0.2, -0.15) is 0 Å². The Hall–Kier alpha value is -2.42. The maximum atomic E-state index is 14.2. The van der Waals surface area contributed by atoms with Gasteiger partial charge in [-0.05, 0) is 90.0 Å². The molecule has 0 aromatic heterocycles. The van der Waals surface area contributed by atoms with E-state index < -0.39 is 17.5 Å². The minimum absolute atomic E-state index is 0.0248. The summed E-state index contributed by atoms with van der Waals surface area (Å²) < 4.78 is 0. The van der Waals surface area contributed by atoms with Crippen molar-refractivity contribution in [1.82, 2.24) is 25.3 Å². The fourth-order valence-electron chi connectivity index (χ4n) is 7.75. The molecule has 0 bridgehead atoms. The predicted octanol–water partition coefficient (Wildman–Crippen LogP) is 5.29. The zero-order chi connectivity index (χ0) is 34.3. The molecule has 4 amide bonds. The standard InChI is InChI=1S/C37H65N5O4/c1-24(2)31(40(10)36(46)32(37(7,8)9)39-34(44)29-19-14-15-21-41(29)25(3)4)23-26(5)35(45)42-22-16-20-30(42)33(43)38-27(6)28-17-12-11-13-18-28/h23-25,27-32H,11-22H2,1-10H3,(H,38,43)(H,39,44)/t27-,29?,30-,31+,32+/m0/s1. The lowest BCUT2D eigenvalue weighted by Crippen LogP contribution is -2.60. The van der Waals surface area contributed by atoms with E-state index in [0.717, 1.165) is 45.1 Å². The van der Waals surface area contributed by atoms with Crippen molar-refractivity contribution in [2.24, 2.45) is 17.3 Å². The molecule has 1 saturated carbocycles. The number of piperidine rings is 1. The van der Waals surface area contributed by atoms with Crippen LogP contribution in [0.5, 0.6) is 0 Å². The van der Waals surface area contributed by atoms with Crippen LogP contribution in [-0.4, -0.2) is 94.7 Å². The predicted molar refractivity (Wildman–Crippen MR) is 185 cm³/mol. The molecule has 3 rings (SSSR count). The summed E-state index contributed by atoms with van der Waals surface area (Å²) in [5.41, 5.74) is 0.0174. The molecule has 0 radical (unpaired) electrons. The number of hydrogen-bond donors (Lipinski definition) is 2. The van der Waals surface area contributed by atoms with E-state index in [9.17, 15) is 19.2 Å². The fraction of sp³-hybridized carbons (Fsp3) is 0.838. The van der Waals surface area contributed by atoms with Crippen LogP contribution in [-0.2, 0) is 19.2 Å². The van der Waals surface area contributed by atoms with E-state index in [1.54, 1.807) is 23.8 Å². The first-order valence-electron chi connectivity index (χ1n) is 18.2. The highest BCUT2D eigenvalue weighted by atomic mass is 16.2. The quantitative estimate of drug-likeness (QED) is 0.298. The lowest BCUT2D eigenvalue weighted by molar-refractivity contribution is -0.142. The summed E-state index contributed by atoms with van der Waals surface area (Å²) in [7, 11) is 1.77. The molecule has 2 heterocycles.